The number of anilines is 1. The number of aliphatic hydroxyl groups is 1. The van der Waals surface area contributed by atoms with Crippen molar-refractivity contribution in [3.05, 3.63) is 23.4 Å². The molecule has 0 radical (unpaired) electrons. The molecule has 1 amide bonds. The summed E-state index contributed by atoms with van der Waals surface area (Å²) in [5.74, 6) is 0.484. The zero-order valence-electron chi connectivity index (χ0n) is 13.7. The Hall–Kier alpha value is -1.54. The van der Waals surface area contributed by atoms with Crippen LogP contribution in [-0.4, -0.2) is 41.7 Å². The Kier molecular flexibility index (Phi) is 5.83. The minimum atomic E-state index is -4.41. The molecule has 2 fully saturated rings. The van der Waals surface area contributed by atoms with E-state index in [-0.39, 0.29) is 30.2 Å². The van der Waals surface area contributed by atoms with Gasteiger partial charge < -0.3 is 15.3 Å². The minimum Gasteiger partial charge on any atom is -0.387 e. The van der Waals surface area contributed by atoms with Gasteiger partial charge in [0.1, 0.15) is 12.4 Å². The van der Waals surface area contributed by atoms with E-state index >= 15 is 0 Å². The molecule has 1 aromatic heterocycles. The predicted octanol–water partition coefficient (Wildman–Crippen LogP) is 2.15. The van der Waals surface area contributed by atoms with Crippen LogP contribution in [-0.2, 0) is 11.0 Å². The number of halogens is 4. The van der Waals surface area contributed by atoms with Gasteiger partial charge in [0.15, 0.2) is 0 Å². The van der Waals surface area contributed by atoms with Crippen LogP contribution < -0.4 is 10.2 Å². The second kappa shape index (κ2) is 7.37. The van der Waals surface area contributed by atoms with E-state index in [2.05, 4.69) is 10.3 Å². The van der Waals surface area contributed by atoms with Gasteiger partial charge in [-0.25, -0.2) is 4.98 Å². The molecule has 140 valence electrons. The van der Waals surface area contributed by atoms with Gasteiger partial charge in [0.2, 0.25) is 5.91 Å². The summed E-state index contributed by atoms with van der Waals surface area (Å²) in [6.07, 6.45) is -2.28. The van der Waals surface area contributed by atoms with E-state index in [1.807, 2.05) is 0 Å². The molecule has 2 atom stereocenters. The van der Waals surface area contributed by atoms with Crippen molar-refractivity contribution in [3.63, 3.8) is 0 Å². The van der Waals surface area contributed by atoms with Gasteiger partial charge in [0.25, 0.3) is 0 Å². The highest BCUT2D eigenvalue weighted by Gasteiger charge is 2.43. The van der Waals surface area contributed by atoms with E-state index in [4.69, 9.17) is 5.11 Å². The summed E-state index contributed by atoms with van der Waals surface area (Å²) in [5, 5.41) is 11.7. The van der Waals surface area contributed by atoms with Crippen molar-refractivity contribution in [2.24, 2.45) is 11.8 Å². The van der Waals surface area contributed by atoms with Crippen molar-refractivity contribution in [1.29, 1.82) is 0 Å². The van der Waals surface area contributed by atoms with Crippen molar-refractivity contribution < 1.29 is 23.1 Å². The van der Waals surface area contributed by atoms with Gasteiger partial charge >= 0.3 is 6.18 Å². The Labute approximate surface area is 150 Å². The number of aliphatic hydroxyl groups excluding tert-OH is 1. The summed E-state index contributed by atoms with van der Waals surface area (Å²) >= 11 is 0. The number of pyridine rings is 1. The van der Waals surface area contributed by atoms with Crippen molar-refractivity contribution in [3.8, 4) is 0 Å². The second-order valence-corrected chi connectivity index (χ2v) is 6.59. The third-order valence-electron chi connectivity index (χ3n) is 4.67. The molecule has 9 heteroatoms. The van der Waals surface area contributed by atoms with E-state index in [0.717, 1.165) is 25.0 Å². The van der Waals surface area contributed by atoms with E-state index in [9.17, 15) is 18.0 Å². The maximum atomic E-state index is 13.0. The van der Waals surface area contributed by atoms with E-state index in [1.165, 1.54) is 6.92 Å². The monoisotopic (exact) mass is 379 g/mol. The lowest BCUT2D eigenvalue weighted by atomic mass is 9.98. The molecule has 2 aliphatic rings. The summed E-state index contributed by atoms with van der Waals surface area (Å²) in [6.45, 7) is 1.92. The van der Waals surface area contributed by atoms with Crippen LogP contribution >= 0.6 is 12.4 Å². The topological polar surface area (TPSA) is 65.5 Å². The average Bonchev–Trinajstić information content (AvgIpc) is 3.27. The summed E-state index contributed by atoms with van der Waals surface area (Å²) in [5.41, 5.74) is -0.401. The minimum absolute atomic E-state index is 0. The van der Waals surface area contributed by atoms with Gasteiger partial charge in [-0.15, -0.1) is 12.4 Å². The molecule has 25 heavy (non-hydrogen) atoms. The first kappa shape index (κ1) is 19.8. The van der Waals surface area contributed by atoms with Crippen molar-refractivity contribution in [2.75, 3.05) is 24.6 Å². The molecule has 2 N–H and O–H groups in total. The Bertz CT molecular complexity index is 638. The first-order chi connectivity index (χ1) is 11.3. The molecule has 0 unspecified atom stereocenters. The van der Waals surface area contributed by atoms with E-state index < -0.39 is 24.3 Å². The van der Waals surface area contributed by atoms with Crippen LogP contribution in [0.3, 0.4) is 0 Å². The third kappa shape index (κ3) is 4.55. The standard InChI is InChI=1S/C16H20F3N3O2.ClH/c1-9-4-11(16(17,18)19)5-14(20-9)22-6-12(10-2-3-10)13(7-22)21-15(24)8-23;/h4-5,10,12-13,23H,2-3,6-8H2,1H3,(H,21,24);1H/t12-,13+;/m1./s1. The van der Waals surface area contributed by atoms with Crippen LogP contribution in [0.1, 0.15) is 24.1 Å². The van der Waals surface area contributed by atoms with Crippen LogP contribution in [0.15, 0.2) is 12.1 Å². The summed E-state index contributed by atoms with van der Waals surface area (Å²) < 4.78 is 39.0. The summed E-state index contributed by atoms with van der Waals surface area (Å²) in [4.78, 5) is 17.5. The highest BCUT2D eigenvalue weighted by molar-refractivity contribution is 5.85. The van der Waals surface area contributed by atoms with E-state index in [0.29, 0.717) is 24.7 Å². The third-order valence-corrected chi connectivity index (χ3v) is 4.67. The number of alkyl halides is 3. The lowest BCUT2D eigenvalue weighted by Gasteiger charge is -2.20. The molecular formula is C16H21ClF3N3O2. The molecule has 1 aliphatic carbocycles. The van der Waals surface area contributed by atoms with Gasteiger partial charge in [-0.05, 0) is 37.8 Å². The van der Waals surface area contributed by atoms with Crippen LogP contribution in [0.25, 0.3) is 0 Å². The van der Waals surface area contributed by atoms with Gasteiger partial charge in [-0.3, -0.25) is 4.79 Å². The molecule has 5 nitrogen and oxygen atoms in total. The van der Waals surface area contributed by atoms with Gasteiger partial charge in [0, 0.05) is 24.7 Å². The predicted molar refractivity (Wildman–Crippen MR) is 88.7 cm³/mol. The lowest BCUT2D eigenvalue weighted by molar-refractivity contribution is -0.137. The van der Waals surface area contributed by atoms with Crippen molar-refractivity contribution in [2.45, 2.75) is 32.0 Å². The molecule has 0 bridgehead atoms. The second-order valence-electron chi connectivity index (χ2n) is 6.59. The Morgan fingerprint density at radius 2 is 2.04 bits per heavy atom. The maximum Gasteiger partial charge on any atom is 0.416 e. The largest absolute Gasteiger partial charge is 0.416 e. The first-order valence-corrected chi connectivity index (χ1v) is 7.99. The number of aromatic nitrogens is 1. The van der Waals surface area contributed by atoms with Gasteiger partial charge in [-0.2, -0.15) is 13.2 Å². The fraction of sp³-hybridized carbons (Fsp3) is 0.625. The number of aryl methyl sites for hydroxylation is 1. The molecular weight excluding hydrogens is 359 g/mol. The van der Waals surface area contributed by atoms with E-state index in [1.54, 1.807) is 4.90 Å². The highest BCUT2D eigenvalue weighted by Crippen LogP contribution is 2.42. The number of carbonyl (C=O) groups is 1. The Morgan fingerprint density at radius 3 is 2.60 bits per heavy atom. The zero-order chi connectivity index (χ0) is 17.5. The smallest absolute Gasteiger partial charge is 0.387 e. The Morgan fingerprint density at radius 1 is 1.36 bits per heavy atom. The molecule has 1 aliphatic heterocycles. The fourth-order valence-electron chi connectivity index (χ4n) is 3.40. The summed E-state index contributed by atoms with van der Waals surface area (Å²) in [7, 11) is 0. The highest BCUT2D eigenvalue weighted by atomic mass is 35.5. The Balaban J connectivity index is 0.00000225. The number of nitrogens with one attached hydrogen (secondary N) is 1. The maximum absolute atomic E-state index is 13.0. The van der Waals surface area contributed by atoms with Crippen LogP contribution in [0.2, 0.25) is 0 Å². The number of hydrogen-bond donors (Lipinski definition) is 2. The number of hydrogen-bond acceptors (Lipinski definition) is 4. The van der Waals surface area contributed by atoms with Crippen LogP contribution in [0.4, 0.5) is 19.0 Å². The SMILES string of the molecule is Cc1cc(C(F)(F)F)cc(N2C[C@H](NC(=O)CO)[C@@H](C3CC3)C2)n1.Cl. The normalized spacial score (nSPS) is 23.3. The molecule has 3 rings (SSSR count). The molecule has 2 heterocycles. The van der Waals surface area contributed by atoms with Gasteiger partial charge in [-0.1, -0.05) is 0 Å². The van der Waals surface area contributed by atoms with Crippen LogP contribution in [0.5, 0.6) is 0 Å². The summed E-state index contributed by atoms with van der Waals surface area (Å²) in [6, 6.07) is 1.92. The molecule has 0 aromatic carbocycles. The van der Waals surface area contributed by atoms with Crippen LogP contribution in [0, 0.1) is 18.8 Å². The number of rotatable bonds is 4. The molecule has 0 spiro atoms. The fourth-order valence-corrected chi connectivity index (χ4v) is 3.40. The van der Waals surface area contributed by atoms with Crippen molar-refractivity contribution >= 4 is 24.1 Å². The number of carbonyl (C=O) groups excluding carboxylic acids is 1. The first-order valence-electron chi connectivity index (χ1n) is 7.99. The van der Waals surface area contributed by atoms with Gasteiger partial charge in [0.05, 0.1) is 11.6 Å². The van der Waals surface area contributed by atoms with Crippen molar-refractivity contribution in [1.82, 2.24) is 10.3 Å². The molecule has 1 saturated carbocycles. The molecule has 1 aromatic rings. The quantitative estimate of drug-likeness (QED) is 0.841. The number of amides is 1. The number of nitrogens with zero attached hydrogens (tertiary/aromatic N) is 2. The lowest BCUT2D eigenvalue weighted by Crippen LogP contribution is -2.42. The average molecular weight is 380 g/mol. The molecule has 1 saturated heterocycles. The zero-order valence-corrected chi connectivity index (χ0v) is 14.5.